The number of ether oxygens (including phenoxy) is 2. The molecule has 3 heterocycles. The first kappa shape index (κ1) is 16.4. The van der Waals surface area contributed by atoms with Crippen LogP contribution in [0.25, 0.3) is 0 Å². The van der Waals surface area contributed by atoms with Gasteiger partial charge in [-0.1, -0.05) is 13.8 Å². The fraction of sp³-hybridized carbons (Fsp3) is 0.350. The second-order valence-corrected chi connectivity index (χ2v) is 10.3. The zero-order valence-corrected chi connectivity index (χ0v) is 16.9. The number of carbonyl (C=O) groups is 1. The molecule has 5 rings (SSSR count). The molecule has 6 heteroatoms. The van der Waals surface area contributed by atoms with Crippen molar-refractivity contribution < 1.29 is 14.3 Å². The zero-order valence-electron chi connectivity index (χ0n) is 14.5. The molecule has 0 saturated heterocycles. The van der Waals surface area contributed by atoms with E-state index in [0.717, 1.165) is 49.1 Å². The van der Waals surface area contributed by atoms with Crippen molar-refractivity contribution >= 4 is 38.7 Å². The number of allylic oxidation sites excluding steroid dienone is 2. The molecule has 2 aliphatic heterocycles. The first-order valence-corrected chi connectivity index (χ1v) is 10.2. The summed E-state index contributed by atoms with van der Waals surface area (Å²) < 4.78 is 12.5. The Labute approximate surface area is 164 Å². The second-order valence-electron chi connectivity index (χ2n) is 7.79. The van der Waals surface area contributed by atoms with Gasteiger partial charge in [0, 0.05) is 33.8 Å². The Morgan fingerprint density at radius 1 is 1.19 bits per heavy atom. The molecule has 2 aromatic rings. The number of benzene rings is 1. The van der Waals surface area contributed by atoms with Gasteiger partial charge in [0.05, 0.1) is 9.70 Å². The highest BCUT2D eigenvalue weighted by Crippen LogP contribution is 2.55. The number of halogens is 1. The largest absolute Gasteiger partial charge is 0.454 e. The maximum Gasteiger partial charge on any atom is 0.231 e. The molecule has 1 aromatic heterocycles. The van der Waals surface area contributed by atoms with Gasteiger partial charge in [-0.3, -0.25) is 4.79 Å². The van der Waals surface area contributed by atoms with E-state index in [2.05, 4.69) is 41.2 Å². The molecule has 0 bridgehead atoms. The lowest BCUT2D eigenvalue weighted by Crippen LogP contribution is -2.33. The summed E-state index contributed by atoms with van der Waals surface area (Å²) in [6, 6.07) is 8.12. The SMILES string of the molecule is CC1(C)CC(=O)C2=C(C1)Nc1ccc3c(c1C2c1ccc(Br)s1)OCO3. The smallest absolute Gasteiger partial charge is 0.231 e. The van der Waals surface area contributed by atoms with Crippen LogP contribution in [-0.2, 0) is 4.79 Å². The molecule has 4 nitrogen and oxygen atoms in total. The maximum atomic E-state index is 13.2. The van der Waals surface area contributed by atoms with E-state index in [1.165, 1.54) is 0 Å². The lowest BCUT2D eigenvalue weighted by molar-refractivity contribution is -0.118. The van der Waals surface area contributed by atoms with Gasteiger partial charge in [0.1, 0.15) is 0 Å². The summed E-state index contributed by atoms with van der Waals surface area (Å²) in [6.07, 6.45) is 1.43. The molecule has 1 atom stereocenters. The molecule has 0 radical (unpaired) electrons. The minimum atomic E-state index is -0.113. The highest BCUT2D eigenvalue weighted by atomic mass is 79.9. The first-order valence-electron chi connectivity index (χ1n) is 8.64. The minimum Gasteiger partial charge on any atom is -0.454 e. The van der Waals surface area contributed by atoms with Crippen molar-refractivity contribution in [1.29, 1.82) is 0 Å². The molecular formula is C20H18BrNO3S. The monoisotopic (exact) mass is 431 g/mol. The number of anilines is 1. The van der Waals surface area contributed by atoms with Gasteiger partial charge < -0.3 is 14.8 Å². The van der Waals surface area contributed by atoms with E-state index in [1.807, 2.05) is 18.2 Å². The third kappa shape index (κ3) is 2.42. The van der Waals surface area contributed by atoms with E-state index in [9.17, 15) is 4.79 Å². The minimum absolute atomic E-state index is 0.0304. The van der Waals surface area contributed by atoms with Gasteiger partial charge >= 0.3 is 0 Å². The number of rotatable bonds is 1. The predicted molar refractivity (Wildman–Crippen MR) is 105 cm³/mol. The number of hydrogen-bond donors (Lipinski definition) is 1. The average Bonchev–Trinajstić information content (AvgIpc) is 3.20. The Kier molecular flexibility index (Phi) is 3.53. The van der Waals surface area contributed by atoms with Gasteiger partial charge in [0.2, 0.25) is 6.79 Å². The van der Waals surface area contributed by atoms with Crippen LogP contribution in [0.4, 0.5) is 5.69 Å². The molecular weight excluding hydrogens is 414 g/mol. The summed E-state index contributed by atoms with van der Waals surface area (Å²) in [4.78, 5) is 14.3. The van der Waals surface area contributed by atoms with Crippen LogP contribution in [0.5, 0.6) is 11.5 Å². The molecule has 0 amide bonds. The van der Waals surface area contributed by atoms with Gasteiger partial charge in [0.25, 0.3) is 0 Å². The summed E-state index contributed by atoms with van der Waals surface area (Å²) in [7, 11) is 0. The molecule has 26 heavy (non-hydrogen) atoms. The van der Waals surface area contributed by atoms with Crippen LogP contribution in [0.2, 0.25) is 0 Å². The Bertz CT molecular complexity index is 975. The Morgan fingerprint density at radius 3 is 2.81 bits per heavy atom. The van der Waals surface area contributed by atoms with Crippen molar-refractivity contribution in [2.24, 2.45) is 5.41 Å². The summed E-state index contributed by atoms with van der Waals surface area (Å²) in [5, 5.41) is 3.54. The van der Waals surface area contributed by atoms with Crippen molar-refractivity contribution in [2.45, 2.75) is 32.6 Å². The highest BCUT2D eigenvalue weighted by molar-refractivity contribution is 9.11. The van der Waals surface area contributed by atoms with Gasteiger partial charge in [-0.25, -0.2) is 0 Å². The average molecular weight is 432 g/mol. The molecule has 1 aliphatic carbocycles. The lowest BCUT2D eigenvalue weighted by Gasteiger charge is -2.39. The van der Waals surface area contributed by atoms with E-state index in [1.54, 1.807) is 11.3 Å². The van der Waals surface area contributed by atoms with Gasteiger partial charge in [-0.2, -0.15) is 0 Å². The van der Waals surface area contributed by atoms with Crippen molar-refractivity contribution in [3.8, 4) is 11.5 Å². The number of hydrogen-bond acceptors (Lipinski definition) is 5. The quantitative estimate of drug-likeness (QED) is 0.652. The van der Waals surface area contributed by atoms with Gasteiger partial charge in [-0.15, -0.1) is 11.3 Å². The fourth-order valence-electron chi connectivity index (χ4n) is 4.25. The van der Waals surface area contributed by atoms with Crippen LogP contribution >= 0.6 is 27.3 Å². The summed E-state index contributed by atoms with van der Waals surface area (Å²) >= 11 is 5.24. The lowest BCUT2D eigenvalue weighted by atomic mass is 9.70. The Balaban J connectivity index is 1.76. The number of thiophene rings is 1. The molecule has 1 N–H and O–H groups in total. The van der Waals surface area contributed by atoms with E-state index < -0.39 is 0 Å². The van der Waals surface area contributed by atoms with Crippen LogP contribution in [0.3, 0.4) is 0 Å². The highest BCUT2D eigenvalue weighted by Gasteiger charge is 2.43. The van der Waals surface area contributed by atoms with Crippen LogP contribution in [-0.4, -0.2) is 12.6 Å². The first-order chi connectivity index (χ1) is 12.4. The molecule has 3 aliphatic rings. The summed E-state index contributed by atoms with van der Waals surface area (Å²) in [5.74, 6) is 1.62. The predicted octanol–water partition coefficient (Wildman–Crippen LogP) is 5.44. The molecule has 1 unspecified atom stereocenters. The summed E-state index contributed by atoms with van der Waals surface area (Å²) in [5.41, 5.74) is 3.92. The number of ketones is 1. The second kappa shape index (κ2) is 5.60. The normalized spacial score (nSPS) is 22.7. The topological polar surface area (TPSA) is 47.6 Å². The van der Waals surface area contributed by atoms with E-state index >= 15 is 0 Å². The Morgan fingerprint density at radius 2 is 2.04 bits per heavy atom. The number of fused-ring (bicyclic) bond motifs is 3. The van der Waals surface area contributed by atoms with Crippen LogP contribution < -0.4 is 14.8 Å². The molecule has 134 valence electrons. The van der Waals surface area contributed by atoms with E-state index in [4.69, 9.17) is 9.47 Å². The number of carbonyl (C=O) groups excluding carboxylic acids is 1. The van der Waals surface area contributed by atoms with Crippen molar-refractivity contribution in [3.05, 3.63) is 49.8 Å². The standard InChI is InChI=1S/C20H18BrNO3S/c1-20(2)7-11-16(12(23)8-20)18(14-5-6-15(21)26-14)17-10(22-11)3-4-13-19(17)25-9-24-13/h3-6,18,22H,7-9H2,1-2H3. The maximum absolute atomic E-state index is 13.2. The molecule has 0 saturated carbocycles. The third-order valence-corrected chi connectivity index (χ3v) is 6.93. The van der Waals surface area contributed by atoms with Crippen molar-refractivity contribution in [1.82, 2.24) is 0 Å². The van der Waals surface area contributed by atoms with Gasteiger partial charge in [0.15, 0.2) is 17.3 Å². The molecule has 0 spiro atoms. The van der Waals surface area contributed by atoms with E-state index in [-0.39, 0.29) is 23.9 Å². The summed E-state index contributed by atoms with van der Waals surface area (Å²) in [6.45, 7) is 4.53. The zero-order chi connectivity index (χ0) is 18.1. The van der Waals surface area contributed by atoms with Crippen molar-refractivity contribution in [2.75, 3.05) is 12.1 Å². The number of nitrogens with one attached hydrogen (secondary N) is 1. The van der Waals surface area contributed by atoms with Crippen molar-refractivity contribution in [3.63, 3.8) is 0 Å². The fourth-order valence-corrected chi connectivity index (χ4v) is 5.79. The molecule has 0 fully saturated rings. The third-order valence-electron chi connectivity index (χ3n) is 5.24. The van der Waals surface area contributed by atoms with Gasteiger partial charge in [-0.05, 0) is 52.0 Å². The number of Topliss-reactive ketones (excluding diaryl/α,β-unsaturated/α-hetero) is 1. The van der Waals surface area contributed by atoms with E-state index in [0.29, 0.717) is 6.42 Å². The van der Waals surface area contributed by atoms with Crippen LogP contribution in [0.15, 0.2) is 39.3 Å². The Hall–Kier alpha value is -1.79. The van der Waals surface area contributed by atoms with Crippen LogP contribution in [0, 0.1) is 5.41 Å². The molecule has 1 aromatic carbocycles. The van der Waals surface area contributed by atoms with Crippen LogP contribution in [0.1, 0.15) is 43.0 Å².